The van der Waals surface area contributed by atoms with Gasteiger partial charge in [-0.05, 0) is 55.7 Å². The van der Waals surface area contributed by atoms with Crippen molar-refractivity contribution < 1.29 is 13.6 Å². The van der Waals surface area contributed by atoms with Gasteiger partial charge in [0.05, 0.1) is 6.04 Å². The summed E-state index contributed by atoms with van der Waals surface area (Å²) in [5, 5.41) is 3.13. The van der Waals surface area contributed by atoms with E-state index in [4.69, 9.17) is 0 Å². The Kier molecular flexibility index (Phi) is 6.21. The zero-order valence-electron chi connectivity index (χ0n) is 17.4. The van der Waals surface area contributed by atoms with E-state index in [2.05, 4.69) is 24.4 Å². The third-order valence-electron chi connectivity index (χ3n) is 6.26. The van der Waals surface area contributed by atoms with Crippen molar-refractivity contribution in [3.63, 3.8) is 0 Å². The molecule has 2 fully saturated rings. The number of amides is 2. The van der Waals surface area contributed by atoms with Crippen LogP contribution < -0.4 is 10.2 Å². The van der Waals surface area contributed by atoms with Crippen LogP contribution in [-0.2, 0) is 0 Å². The average molecular weight is 414 g/mol. The van der Waals surface area contributed by atoms with Crippen LogP contribution in [0.4, 0.5) is 19.3 Å². The summed E-state index contributed by atoms with van der Waals surface area (Å²) in [6.45, 7) is 4.95. The van der Waals surface area contributed by atoms with E-state index in [9.17, 15) is 13.6 Å². The van der Waals surface area contributed by atoms with Crippen molar-refractivity contribution >= 4 is 11.7 Å². The zero-order chi connectivity index (χ0) is 21.1. The van der Waals surface area contributed by atoms with E-state index in [-0.39, 0.29) is 18.0 Å². The van der Waals surface area contributed by atoms with Crippen molar-refractivity contribution in [1.29, 1.82) is 0 Å². The molecular weight excluding hydrogens is 384 g/mol. The molecule has 2 unspecified atom stereocenters. The molecule has 4 rings (SSSR count). The Bertz CT molecular complexity index is 872. The number of nitrogens with zero attached hydrogens (tertiary/aromatic N) is 2. The first-order valence-electron chi connectivity index (χ1n) is 10.8. The predicted molar refractivity (Wildman–Crippen MR) is 114 cm³/mol. The Balaban J connectivity index is 1.33. The van der Waals surface area contributed by atoms with Gasteiger partial charge in [0.2, 0.25) is 0 Å². The molecule has 1 aliphatic heterocycles. The van der Waals surface area contributed by atoms with Crippen LogP contribution in [-0.4, -0.2) is 37.1 Å². The molecule has 6 heteroatoms. The van der Waals surface area contributed by atoms with Crippen LogP contribution in [0.1, 0.15) is 37.8 Å². The molecule has 1 saturated carbocycles. The van der Waals surface area contributed by atoms with Crippen LogP contribution in [0.5, 0.6) is 0 Å². The molecule has 30 heavy (non-hydrogen) atoms. The average Bonchev–Trinajstić information content (AvgIpc) is 3.46. The van der Waals surface area contributed by atoms with Crippen molar-refractivity contribution in [3.05, 3.63) is 65.7 Å². The topological polar surface area (TPSA) is 35.6 Å². The second kappa shape index (κ2) is 9.02. The number of hydrogen-bond donors (Lipinski definition) is 1. The third-order valence-corrected chi connectivity index (χ3v) is 6.26. The van der Waals surface area contributed by atoms with Gasteiger partial charge in [-0.3, -0.25) is 0 Å². The standard InChI is InChI=1S/C24H29F2N3O/c1-17(20-5-3-2-4-6-20)29(16-18-7-8-18)24(30)27-14-19-11-12-28(15-19)21-9-10-22(25)23(26)13-21/h2-6,9-10,13,17-19H,7-8,11-12,14-16H2,1H3,(H,27,30). The fraction of sp³-hybridized carbons (Fsp3) is 0.458. The van der Waals surface area contributed by atoms with E-state index in [0.717, 1.165) is 31.6 Å². The third kappa shape index (κ3) is 4.91. The molecule has 0 aromatic heterocycles. The molecule has 0 bridgehead atoms. The summed E-state index contributed by atoms with van der Waals surface area (Å²) in [7, 11) is 0. The highest BCUT2D eigenvalue weighted by molar-refractivity contribution is 5.74. The van der Waals surface area contributed by atoms with Gasteiger partial charge >= 0.3 is 6.03 Å². The fourth-order valence-electron chi connectivity index (χ4n) is 4.16. The molecule has 1 N–H and O–H groups in total. The Labute approximate surface area is 176 Å². The zero-order valence-corrected chi connectivity index (χ0v) is 17.4. The summed E-state index contributed by atoms with van der Waals surface area (Å²) < 4.78 is 26.7. The van der Waals surface area contributed by atoms with E-state index in [1.54, 1.807) is 6.07 Å². The van der Waals surface area contributed by atoms with Crippen LogP contribution >= 0.6 is 0 Å². The minimum atomic E-state index is -0.829. The summed E-state index contributed by atoms with van der Waals surface area (Å²) in [4.78, 5) is 17.0. The van der Waals surface area contributed by atoms with Crippen LogP contribution in [0.3, 0.4) is 0 Å². The molecular formula is C24H29F2N3O. The summed E-state index contributed by atoms with van der Waals surface area (Å²) in [5.74, 6) is -0.756. The van der Waals surface area contributed by atoms with Gasteiger partial charge < -0.3 is 15.1 Å². The molecule has 2 aliphatic rings. The van der Waals surface area contributed by atoms with Gasteiger partial charge in [-0.2, -0.15) is 0 Å². The molecule has 0 spiro atoms. The molecule has 2 amide bonds. The number of halogens is 2. The quantitative estimate of drug-likeness (QED) is 0.695. The molecule has 4 nitrogen and oxygen atoms in total. The van der Waals surface area contributed by atoms with Gasteiger partial charge in [0.25, 0.3) is 0 Å². The monoisotopic (exact) mass is 413 g/mol. The van der Waals surface area contributed by atoms with Crippen LogP contribution in [0.2, 0.25) is 0 Å². The smallest absolute Gasteiger partial charge is 0.317 e. The van der Waals surface area contributed by atoms with E-state index in [1.165, 1.54) is 25.0 Å². The SMILES string of the molecule is CC(c1ccccc1)N(CC1CC1)C(=O)NCC1CCN(c2ccc(F)c(F)c2)C1. The van der Waals surface area contributed by atoms with E-state index in [1.807, 2.05) is 28.0 Å². The number of urea groups is 1. The first kappa shape index (κ1) is 20.6. The lowest BCUT2D eigenvalue weighted by Gasteiger charge is -2.30. The molecule has 1 heterocycles. The van der Waals surface area contributed by atoms with Gasteiger partial charge in [0, 0.05) is 37.9 Å². The number of anilines is 1. The maximum absolute atomic E-state index is 13.5. The second-order valence-corrected chi connectivity index (χ2v) is 8.57. The van der Waals surface area contributed by atoms with Gasteiger partial charge in [-0.15, -0.1) is 0 Å². The lowest BCUT2D eigenvalue weighted by atomic mass is 10.1. The Morgan fingerprint density at radius 2 is 1.87 bits per heavy atom. The van der Waals surface area contributed by atoms with E-state index < -0.39 is 11.6 Å². The number of benzene rings is 2. The fourth-order valence-corrected chi connectivity index (χ4v) is 4.16. The van der Waals surface area contributed by atoms with Crippen molar-refractivity contribution in [2.24, 2.45) is 11.8 Å². The van der Waals surface area contributed by atoms with Crippen LogP contribution in [0.25, 0.3) is 0 Å². The van der Waals surface area contributed by atoms with Crippen molar-refractivity contribution in [2.45, 2.75) is 32.2 Å². The summed E-state index contributed by atoms with van der Waals surface area (Å²) in [6.07, 6.45) is 3.30. The molecule has 2 atom stereocenters. The van der Waals surface area contributed by atoms with Gasteiger partial charge in [-0.1, -0.05) is 30.3 Å². The first-order chi connectivity index (χ1) is 14.5. The molecule has 0 radical (unpaired) electrons. The highest BCUT2D eigenvalue weighted by Gasteiger charge is 2.31. The Hall–Kier alpha value is -2.63. The number of carbonyl (C=O) groups is 1. The lowest BCUT2D eigenvalue weighted by molar-refractivity contribution is 0.174. The van der Waals surface area contributed by atoms with Crippen molar-refractivity contribution in [2.75, 3.05) is 31.1 Å². The summed E-state index contributed by atoms with van der Waals surface area (Å²) in [6, 6.07) is 14.1. The maximum atomic E-state index is 13.5. The molecule has 160 valence electrons. The van der Waals surface area contributed by atoms with Gasteiger partial charge in [0.1, 0.15) is 0 Å². The minimum absolute atomic E-state index is 0.0223. The van der Waals surface area contributed by atoms with Crippen molar-refractivity contribution in [3.8, 4) is 0 Å². The van der Waals surface area contributed by atoms with Crippen LogP contribution in [0.15, 0.2) is 48.5 Å². The van der Waals surface area contributed by atoms with E-state index in [0.29, 0.717) is 18.2 Å². The molecule has 1 saturated heterocycles. The van der Waals surface area contributed by atoms with Gasteiger partial charge in [0.15, 0.2) is 11.6 Å². The predicted octanol–water partition coefficient (Wildman–Crippen LogP) is 4.97. The van der Waals surface area contributed by atoms with E-state index >= 15 is 0 Å². The summed E-state index contributed by atoms with van der Waals surface area (Å²) >= 11 is 0. The number of rotatable bonds is 7. The van der Waals surface area contributed by atoms with Gasteiger partial charge in [-0.25, -0.2) is 13.6 Å². The van der Waals surface area contributed by atoms with Crippen LogP contribution in [0, 0.1) is 23.5 Å². The normalized spacial score (nSPS) is 19.6. The maximum Gasteiger partial charge on any atom is 0.317 e. The summed E-state index contributed by atoms with van der Waals surface area (Å²) in [5.41, 5.74) is 1.83. The number of nitrogens with one attached hydrogen (secondary N) is 1. The van der Waals surface area contributed by atoms with Crippen molar-refractivity contribution in [1.82, 2.24) is 10.2 Å². The highest BCUT2D eigenvalue weighted by Crippen LogP contribution is 2.33. The number of hydrogen-bond acceptors (Lipinski definition) is 2. The minimum Gasteiger partial charge on any atom is -0.371 e. The molecule has 2 aromatic rings. The largest absolute Gasteiger partial charge is 0.371 e. The lowest BCUT2D eigenvalue weighted by Crippen LogP contribution is -2.44. The first-order valence-corrected chi connectivity index (χ1v) is 10.8. The molecule has 2 aromatic carbocycles. The Morgan fingerprint density at radius 1 is 1.10 bits per heavy atom. The highest BCUT2D eigenvalue weighted by atomic mass is 19.2. The second-order valence-electron chi connectivity index (χ2n) is 8.57. The number of carbonyl (C=O) groups excluding carboxylic acids is 1. The Morgan fingerprint density at radius 3 is 2.57 bits per heavy atom. The molecule has 1 aliphatic carbocycles.